The molecule has 2 saturated heterocycles. The van der Waals surface area contributed by atoms with E-state index in [1.54, 1.807) is 19.4 Å². The normalized spacial score (nSPS) is 21.8. The van der Waals surface area contributed by atoms with E-state index in [-0.39, 0.29) is 11.8 Å². The van der Waals surface area contributed by atoms with Crippen molar-refractivity contribution in [1.29, 1.82) is 0 Å². The van der Waals surface area contributed by atoms with E-state index in [4.69, 9.17) is 9.47 Å². The van der Waals surface area contributed by atoms with Gasteiger partial charge in [0.25, 0.3) is 0 Å². The van der Waals surface area contributed by atoms with Crippen LogP contribution in [0.15, 0.2) is 12.3 Å². The zero-order valence-electron chi connectivity index (χ0n) is 14.5. The molecular formula is C17H26N4O3. The van der Waals surface area contributed by atoms with Crippen LogP contribution in [-0.2, 0) is 9.53 Å². The van der Waals surface area contributed by atoms with Gasteiger partial charge in [-0.1, -0.05) is 0 Å². The van der Waals surface area contributed by atoms with Gasteiger partial charge >= 0.3 is 0 Å². The molecular weight excluding hydrogens is 308 g/mol. The van der Waals surface area contributed by atoms with Crippen molar-refractivity contribution in [2.75, 3.05) is 51.9 Å². The van der Waals surface area contributed by atoms with Gasteiger partial charge in [0.15, 0.2) is 0 Å². The van der Waals surface area contributed by atoms with Gasteiger partial charge in [-0.2, -0.15) is 4.98 Å². The predicted molar refractivity (Wildman–Crippen MR) is 90.1 cm³/mol. The van der Waals surface area contributed by atoms with E-state index in [1.807, 2.05) is 11.9 Å². The largest absolute Gasteiger partial charge is 0.481 e. The fourth-order valence-electron chi connectivity index (χ4n) is 3.44. The van der Waals surface area contributed by atoms with E-state index in [9.17, 15) is 4.79 Å². The Morgan fingerprint density at radius 1 is 1.42 bits per heavy atom. The lowest BCUT2D eigenvalue weighted by Crippen LogP contribution is -2.43. The van der Waals surface area contributed by atoms with Gasteiger partial charge < -0.3 is 19.3 Å². The van der Waals surface area contributed by atoms with Crippen LogP contribution in [0.1, 0.15) is 19.3 Å². The summed E-state index contributed by atoms with van der Waals surface area (Å²) in [7, 11) is 3.51. The molecule has 1 atom stereocenters. The second-order valence-electron chi connectivity index (χ2n) is 6.61. The van der Waals surface area contributed by atoms with Crippen LogP contribution in [-0.4, -0.2) is 67.8 Å². The lowest BCUT2D eigenvalue weighted by Gasteiger charge is -2.33. The molecule has 7 nitrogen and oxygen atoms in total. The monoisotopic (exact) mass is 334 g/mol. The smallest absolute Gasteiger partial charge is 0.228 e. The fourth-order valence-corrected chi connectivity index (χ4v) is 3.44. The maximum Gasteiger partial charge on any atom is 0.228 e. The first-order chi connectivity index (χ1) is 11.7. The average Bonchev–Trinajstić information content (AvgIpc) is 3.14. The third-order valence-electron chi connectivity index (χ3n) is 4.89. The molecule has 0 N–H and O–H groups in total. The standard InChI is InChI=1S/C17H26N4O3/c1-20(11-13-6-10-24-12-13)16(22)14-4-8-21(9-5-14)17-18-7-3-15(19-17)23-2/h3,7,13-14H,4-6,8-12H2,1-2H3. The van der Waals surface area contributed by atoms with Crippen LogP contribution in [0.5, 0.6) is 5.88 Å². The maximum absolute atomic E-state index is 12.6. The molecule has 1 aromatic rings. The highest BCUT2D eigenvalue weighted by Crippen LogP contribution is 2.24. The number of amides is 1. The number of nitrogens with zero attached hydrogens (tertiary/aromatic N) is 4. The predicted octanol–water partition coefficient (Wildman–Crippen LogP) is 1.20. The van der Waals surface area contributed by atoms with Crippen molar-refractivity contribution in [3.63, 3.8) is 0 Å². The number of methoxy groups -OCH3 is 1. The van der Waals surface area contributed by atoms with Gasteiger partial charge in [0, 0.05) is 57.4 Å². The van der Waals surface area contributed by atoms with E-state index >= 15 is 0 Å². The molecule has 2 fully saturated rings. The van der Waals surface area contributed by atoms with Crippen LogP contribution < -0.4 is 9.64 Å². The van der Waals surface area contributed by atoms with E-state index in [0.29, 0.717) is 17.7 Å². The summed E-state index contributed by atoms with van der Waals surface area (Å²) in [4.78, 5) is 25.3. The Morgan fingerprint density at radius 2 is 2.21 bits per heavy atom. The molecule has 0 aromatic carbocycles. The second-order valence-corrected chi connectivity index (χ2v) is 6.61. The molecule has 3 heterocycles. The van der Waals surface area contributed by atoms with Crippen LogP contribution in [0, 0.1) is 11.8 Å². The number of anilines is 1. The highest BCUT2D eigenvalue weighted by atomic mass is 16.5. The molecule has 3 rings (SSSR count). The van der Waals surface area contributed by atoms with Crippen molar-refractivity contribution in [1.82, 2.24) is 14.9 Å². The van der Waals surface area contributed by atoms with E-state index in [0.717, 1.165) is 52.1 Å². The first-order valence-electron chi connectivity index (χ1n) is 8.62. The van der Waals surface area contributed by atoms with Gasteiger partial charge in [-0.3, -0.25) is 4.79 Å². The topological polar surface area (TPSA) is 67.8 Å². The van der Waals surface area contributed by atoms with Crippen LogP contribution in [0.3, 0.4) is 0 Å². The van der Waals surface area contributed by atoms with Crippen molar-refractivity contribution >= 4 is 11.9 Å². The minimum atomic E-state index is 0.0965. The summed E-state index contributed by atoms with van der Waals surface area (Å²) in [6.07, 6.45) is 4.44. The van der Waals surface area contributed by atoms with E-state index < -0.39 is 0 Å². The number of ether oxygens (including phenoxy) is 2. The lowest BCUT2D eigenvalue weighted by molar-refractivity contribution is -0.135. The Balaban J connectivity index is 1.51. The summed E-state index contributed by atoms with van der Waals surface area (Å²) in [5.41, 5.74) is 0. The molecule has 0 radical (unpaired) electrons. The molecule has 0 bridgehead atoms. The van der Waals surface area contributed by atoms with Crippen LogP contribution in [0.2, 0.25) is 0 Å². The molecule has 1 amide bonds. The molecule has 0 saturated carbocycles. The number of piperidine rings is 1. The van der Waals surface area contributed by atoms with Crippen molar-refractivity contribution in [3.8, 4) is 5.88 Å². The van der Waals surface area contributed by atoms with Crippen molar-refractivity contribution < 1.29 is 14.3 Å². The molecule has 132 valence electrons. The molecule has 1 aromatic heterocycles. The quantitative estimate of drug-likeness (QED) is 0.806. The lowest BCUT2D eigenvalue weighted by atomic mass is 9.95. The van der Waals surface area contributed by atoms with E-state index in [1.165, 1.54) is 0 Å². The number of hydrogen-bond acceptors (Lipinski definition) is 6. The number of aromatic nitrogens is 2. The van der Waals surface area contributed by atoms with Gasteiger partial charge in [-0.25, -0.2) is 4.98 Å². The van der Waals surface area contributed by atoms with Gasteiger partial charge in [0.05, 0.1) is 13.7 Å². The van der Waals surface area contributed by atoms with E-state index in [2.05, 4.69) is 14.9 Å². The van der Waals surface area contributed by atoms with Gasteiger partial charge in [-0.15, -0.1) is 0 Å². The summed E-state index contributed by atoms with van der Waals surface area (Å²) < 4.78 is 10.5. The van der Waals surface area contributed by atoms with Crippen LogP contribution >= 0.6 is 0 Å². The minimum absolute atomic E-state index is 0.0965. The SMILES string of the molecule is COc1ccnc(N2CCC(C(=O)N(C)CC3CCOC3)CC2)n1. The van der Waals surface area contributed by atoms with Crippen LogP contribution in [0.4, 0.5) is 5.95 Å². The first-order valence-corrected chi connectivity index (χ1v) is 8.62. The number of carbonyl (C=O) groups is 1. The summed E-state index contributed by atoms with van der Waals surface area (Å²) >= 11 is 0. The van der Waals surface area contributed by atoms with Crippen molar-refractivity contribution in [2.24, 2.45) is 11.8 Å². The summed E-state index contributed by atoms with van der Waals surface area (Å²) in [6.45, 7) is 4.00. The zero-order chi connectivity index (χ0) is 16.9. The Bertz CT molecular complexity index is 555. The summed E-state index contributed by atoms with van der Waals surface area (Å²) in [5, 5.41) is 0. The molecule has 7 heteroatoms. The third kappa shape index (κ3) is 3.95. The minimum Gasteiger partial charge on any atom is -0.481 e. The Labute approximate surface area is 143 Å². The fraction of sp³-hybridized carbons (Fsp3) is 0.706. The third-order valence-corrected chi connectivity index (χ3v) is 4.89. The Hall–Kier alpha value is -1.89. The molecule has 0 spiro atoms. The summed E-state index contributed by atoms with van der Waals surface area (Å²) in [6, 6.07) is 1.74. The second kappa shape index (κ2) is 7.79. The highest BCUT2D eigenvalue weighted by Gasteiger charge is 2.29. The van der Waals surface area contributed by atoms with Gasteiger partial charge in [0.2, 0.25) is 17.7 Å². The average molecular weight is 334 g/mol. The molecule has 1 unspecified atom stereocenters. The zero-order valence-corrected chi connectivity index (χ0v) is 14.5. The number of rotatable bonds is 5. The van der Waals surface area contributed by atoms with Crippen molar-refractivity contribution in [3.05, 3.63) is 12.3 Å². The molecule has 2 aliphatic heterocycles. The Kier molecular flexibility index (Phi) is 5.50. The van der Waals surface area contributed by atoms with Crippen molar-refractivity contribution in [2.45, 2.75) is 19.3 Å². The number of carbonyl (C=O) groups excluding carboxylic acids is 1. The first kappa shape index (κ1) is 17.0. The maximum atomic E-state index is 12.6. The van der Waals surface area contributed by atoms with Crippen LogP contribution in [0.25, 0.3) is 0 Å². The molecule has 2 aliphatic rings. The van der Waals surface area contributed by atoms with Gasteiger partial charge in [0.1, 0.15) is 0 Å². The highest BCUT2D eigenvalue weighted by molar-refractivity contribution is 5.78. The molecule has 0 aliphatic carbocycles. The van der Waals surface area contributed by atoms with Gasteiger partial charge in [-0.05, 0) is 19.3 Å². The summed E-state index contributed by atoms with van der Waals surface area (Å²) in [5.74, 6) is 2.09. The number of hydrogen-bond donors (Lipinski definition) is 0. The molecule has 24 heavy (non-hydrogen) atoms. The Morgan fingerprint density at radius 3 is 2.88 bits per heavy atom.